The Morgan fingerprint density at radius 3 is 2.17 bits per heavy atom. The van der Waals surface area contributed by atoms with Crippen LogP contribution in [0.2, 0.25) is 0 Å². The maximum Gasteiger partial charge on any atom is 0.000420 e. The van der Waals surface area contributed by atoms with Crippen LogP contribution in [-0.2, 0) is 6.42 Å². The molecule has 0 N–H and O–H groups in total. The molecule has 0 aromatic heterocycles. The highest BCUT2D eigenvalue weighted by molar-refractivity contribution is 8.27. The minimum atomic E-state index is -1.39. The first-order valence-corrected chi connectivity index (χ1v) is 8.16. The molecule has 0 radical (unpaired) electrons. The lowest BCUT2D eigenvalue weighted by Crippen LogP contribution is -1.87. The van der Waals surface area contributed by atoms with Crippen LogP contribution < -0.4 is 0 Å². The first kappa shape index (κ1) is 13.0. The number of benzene rings is 2. The Bertz CT molecular complexity index is 649. The van der Waals surface area contributed by atoms with Crippen molar-refractivity contribution in [3.8, 4) is 0 Å². The summed E-state index contributed by atoms with van der Waals surface area (Å²) in [6.07, 6.45) is 1.05. The first-order chi connectivity index (χ1) is 8.54. The normalized spacial score (nSPS) is 11.4. The van der Waals surface area contributed by atoms with Crippen molar-refractivity contribution in [2.75, 3.05) is 0 Å². The molecule has 94 valence electrons. The minimum absolute atomic E-state index is 1.05. The number of rotatable bonds is 3. The fraction of sp³-hybridized carbons (Fsp3) is 0.176. The summed E-state index contributed by atoms with van der Waals surface area (Å²) in [4.78, 5) is 2.50. The van der Waals surface area contributed by atoms with E-state index >= 15 is 0 Å². The maximum absolute atomic E-state index is 4.40. The summed E-state index contributed by atoms with van der Waals surface area (Å²) in [6, 6.07) is 17.2. The Labute approximate surface area is 111 Å². The number of aryl methyl sites for hydroxylation is 2. The van der Waals surface area contributed by atoms with Gasteiger partial charge in [0, 0.05) is 9.79 Å². The van der Waals surface area contributed by atoms with Gasteiger partial charge in [-0.2, -0.15) is 9.21 Å². The molecule has 0 nitrogen and oxygen atoms in total. The molecule has 1 heteroatoms. The second-order valence-electron chi connectivity index (χ2n) is 4.70. The predicted molar refractivity (Wildman–Crippen MR) is 85.4 cm³/mol. The van der Waals surface area contributed by atoms with Gasteiger partial charge in [-0.15, -0.1) is 0 Å². The van der Waals surface area contributed by atoms with Crippen LogP contribution in [0, 0.1) is 6.92 Å². The van der Waals surface area contributed by atoms with E-state index in [9.17, 15) is 0 Å². The largest absolute Gasteiger partial charge is 0.160 e. The van der Waals surface area contributed by atoms with Crippen LogP contribution in [0.1, 0.15) is 18.1 Å². The quantitative estimate of drug-likeness (QED) is 0.702. The van der Waals surface area contributed by atoms with E-state index < -0.39 is 9.21 Å². The van der Waals surface area contributed by atoms with E-state index in [4.69, 9.17) is 0 Å². The van der Waals surface area contributed by atoms with E-state index in [-0.39, 0.29) is 0 Å². The van der Waals surface area contributed by atoms with Gasteiger partial charge in [-0.1, -0.05) is 48.5 Å². The molecule has 0 unspecified atom stereocenters. The van der Waals surface area contributed by atoms with Gasteiger partial charge in [-0.05, 0) is 43.2 Å². The van der Waals surface area contributed by atoms with Crippen molar-refractivity contribution in [3.05, 3.63) is 59.7 Å². The molecule has 2 aromatic carbocycles. The molecule has 0 saturated carbocycles. The van der Waals surface area contributed by atoms with Gasteiger partial charge < -0.3 is 0 Å². The van der Waals surface area contributed by atoms with Crippen LogP contribution in [-0.4, -0.2) is 11.7 Å². The summed E-state index contributed by atoms with van der Waals surface area (Å²) in [5.41, 5.74) is 2.62. The van der Waals surface area contributed by atoms with Crippen LogP contribution in [0.5, 0.6) is 0 Å². The monoisotopic (exact) mass is 256 g/mol. The third kappa shape index (κ3) is 2.51. The van der Waals surface area contributed by atoms with Crippen molar-refractivity contribution >= 4 is 20.9 Å². The zero-order valence-corrected chi connectivity index (χ0v) is 12.0. The zero-order valence-electron chi connectivity index (χ0n) is 11.1. The summed E-state index contributed by atoms with van der Waals surface area (Å²) in [7, 11) is -1.39. The Morgan fingerprint density at radius 1 is 0.944 bits per heavy atom. The molecule has 0 amide bonds. The molecule has 0 aliphatic heterocycles. The van der Waals surface area contributed by atoms with Crippen molar-refractivity contribution in [3.63, 3.8) is 0 Å². The molecule has 2 aromatic rings. The second kappa shape index (κ2) is 5.03. The van der Waals surface area contributed by atoms with Crippen LogP contribution in [0.15, 0.2) is 58.3 Å². The lowest BCUT2D eigenvalue weighted by Gasteiger charge is -2.17. The van der Waals surface area contributed by atoms with Crippen molar-refractivity contribution in [1.82, 2.24) is 0 Å². The molecular formula is C17H20S. The third-order valence-electron chi connectivity index (χ3n) is 3.20. The highest BCUT2D eigenvalue weighted by Gasteiger charge is 2.05. The molecule has 18 heavy (non-hydrogen) atoms. The van der Waals surface area contributed by atoms with Gasteiger partial charge in [0.05, 0.1) is 0 Å². The molecule has 2 rings (SSSR count). The van der Waals surface area contributed by atoms with E-state index in [2.05, 4.69) is 74.1 Å². The Kier molecular flexibility index (Phi) is 3.63. The summed E-state index contributed by atoms with van der Waals surface area (Å²) >= 11 is 0. The number of hydrogen-bond acceptors (Lipinski definition) is 0. The van der Waals surface area contributed by atoms with Crippen LogP contribution in [0.3, 0.4) is 0 Å². The maximum atomic E-state index is 4.40. The zero-order chi connectivity index (χ0) is 13.2. The van der Waals surface area contributed by atoms with Crippen LogP contribution in [0.4, 0.5) is 0 Å². The van der Waals surface area contributed by atoms with Crippen LogP contribution in [0.25, 0.3) is 0 Å². The average Bonchev–Trinajstić information content (AvgIpc) is 2.39. The molecule has 0 spiro atoms. The van der Waals surface area contributed by atoms with Gasteiger partial charge in [-0.3, -0.25) is 0 Å². The topological polar surface area (TPSA) is 0 Å². The van der Waals surface area contributed by atoms with E-state index in [1.807, 2.05) is 0 Å². The first-order valence-electron chi connectivity index (χ1n) is 6.19. The van der Waals surface area contributed by atoms with Crippen molar-refractivity contribution < 1.29 is 0 Å². The molecule has 0 heterocycles. The molecule has 0 bridgehead atoms. The van der Waals surface area contributed by atoms with Crippen molar-refractivity contribution in [1.29, 1.82) is 0 Å². The lowest BCUT2D eigenvalue weighted by molar-refractivity contribution is 1.12. The summed E-state index contributed by atoms with van der Waals surface area (Å²) in [5, 5.41) is 0. The van der Waals surface area contributed by atoms with Crippen molar-refractivity contribution in [2.24, 2.45) is 0 Å². The molecule has 0 aliphatic carbocycles. The minimum Gasteiger partial charge on any atom is -0.160 e. The lowest BCUT2D eigenvalue weighted by atomic mass is 10.2. The highest BCUT2D eigenvalue weighted by atomic mass is 32.2. The SMILES string of the molecule is C=S(=C)(c1cccc(C)c1)c1cccc(CC)c1. The Hall–Kier alpha value is -1.47. The second-order valence-corrected chi connectivity index (χ2v) is 7.41. The van der Waals surface area contributed by atoms with Crippen molar-refractivity contribution in [2.45, 2.75) is 30.1 Å². The van der Waals surface area contributed by atoms with Gasteiger partial charge in [-0.25, -0.2) is 0 Å². The molecule has 0 atom stereocenters. The summed E-state index contributed by atoms with van der Waals surface area (Å²) < 4.78 is 0. The average molecular weight is 256 g/mol. The molecule has 0 saturated heterocycles. The smallest absolute Gasteiger partial charge is 0.000420 e. The Morgan fingerprint density at radius 2 is 1.56 bits per heavy atom. The molecule has 0 aliphatic rings. The predicted octanol–water partition coefficient (Wildman–Crippen LogP) is 4.64. The molecule has 0 fully saturated rings. The van der Waals surface area contributed by atoms with Gasteiger partial charge in [0.1, 0.15) is 0 Å². The van der Waals surface area contributed by atoms with Gasteiger partial charge in [0.25, 0.3) is 0 Å². The van der Waals surface area contributed by atoms with E-state index in [0.29, 0.717) is 0 Å². The Balaban J connectivity index is 2.54. The fourth-order valence-electron chi connectivity index (χ4n) is 2.00. The van der Waals surface area contributed by atoms with E-state index in [0.717, 1.165) is 6.42 Å². The fourth-order valence-corrected chi connectivity index (χ4v) is 3.74. The highest BCUT2D eigenvalue weighted by Crippen LogP contribution is 2.41. The number of hydrogen-bond donors (Lipinski definition) is 0. The van der Waals surface area contributed by atoms with Gasteiger partial charge >= 0.3 is 0 Å². The summed E-state index contributed by atoms with van der Waals surface area (Å²) in [5.74, 6) is 8.80. The van der Waals surface area contributed by atoms with Crippen LogP contribution >= 0.6 is 9.21 Å². The molecular weight excluding hydrogens is 236 g/mol. The van der Waals surface area contributed by atoms with Gasteiger partial charge in [0.2, 0.25) is 0 Å². The van der Waals surface area contributed by atoms with E-state index in [1.54, 1.807) is 0 Å². The standard InChI is InChI=1S/C17H20S/c1-5-15-9-7-11-17(13-15)18(3,4)16-10-6-8-14(2)12-16/h6-13H,3-5H2,1-2H3. The summed E-state index contributed by atoms with van der Waals surface area (Å²) in [6.45, 7) is 4.29. The third-order valence-corrected chi connectivity index (χ3v) is 5.51. The van der Waals surface area contributed by atoms with Gasteiger partial charge in [0.15, 0.2) is 0 Å². The van der Waals surface area contributed by atoms with E-state index in [1.165, 1.54) is 20.9 Å².